The average Bonchev–Trinajstić information content (AvgIpc) is 3.28. The van der Waals surface area contributed by atoms with Gasteiger partial charge in [-0.05, 0) is 55.3 Å². The maximum absolute atomic E-state index is 12.9. The van der Waals surface area contributed by atoms with Crippen molar-refractivity contribution in [2.45, 2.75) is 27.0 Å². The molecule has 1 amide bonds. The van der Waals surface area contributed by atoms with Crippen LogP contribution in [0.2, 0.25) is 0 Å². The Hall–Kier alpha value is -3.56. The van der Waals surface area contributed by atoms with Crippen molar-refractivity contribution >= 4 is 5.91 Å². The molecule has 32 heavy (non-hydrogen) atoms. The van der Waals surface area contributed by atoms with E-state index in [0.29, 0.717) is 30.2 Å². The Morgan fingerprint density at radius 1 is 1.03 bits per heavy atom. The number of hydrogen-bond acceptors (Lipinski definition) is 5. The molecule has 6 nitrogen and oxygen atoms in total. The van der Waals surface area contributed by atoms with Gasteiger partial charge in [-0.3, -0.25) is 9.69 Å². The Balaban J connectivity index is 1.28. The molecule has 0 spiro atoms. The number of benzene rings is 2. The molecule has 1 aliphatic rings. The highest BCUT2D eigenvalue weighted by atomic mass is 16.5. The molecule has 0 atom stereocenters. The topological polar surface area (TPSA) is 69.7 Å². The lowest BCUT2D eigenvalue weighted by Gasteiger charge is -2.34. The van der Waals surface area contributed by atoms with Crippen LogP contribution in [0.25, 0.3) is 0 Å². The van der Waals surface area contributed by atoms with Crippen LogP contribution in [0.1, 0.15) is 38.6 Å². The van der Waals surface area contributed by atoms with Gasteiger partial charge in [-0.2, -0.15) is 5.26 Å². The van der Waals surface area contributed by atoms with E-state index in [1.165, 1.54) is 11.1 Å². The highest BCUT2D eigenvalue weighted by molar-refractivity contribution is 5.91. The number of furan rings is 1. The van der Waals surface area contributed by atoms with Crippen LogP contribution in [0.3, 0.4) is 0 Å². The summed E-state index contributed by atoms with van der Waals surface area (Å²) >= 11 is 0. The lowest BCUT2D eigenvalue weighted by Crippen LogP contribution is -2.48. The van der Waals surface area contributed by atoms with Crippen LogP contribution in [0, 0.1) is 25.2 Å². The third-order valence-electron chi connectivity index (χ3n) is 5.72. The Kier molecular flexibility index (Phi) is 6.58. The molecule has 1 fully saturated rings. The van der Waals surface area contributed by atoms with Crippen LogP contribution in [-0.4, -0.2) is 41.9 Å². The molecular weight excluding hydrogens is 402 g/mol. The minimum atomic E-state index is -0.0826. The lowest BCUT2D eigenvalue weighted by atomic mass is 10.1. The van der Waals surface area contributed by atoms with Crippen molar-refractivity contribution in [3.8, 4) is 11.8 Å². The summed E-state index contributed by atoms with van der Waals surface area (Å²) in [6.45, 7) is 8.08. The van der Waals surface area contributed by atoms with Crippen LogP contribution in [0.4, 0.5) is 0 Å². The molecule has 1 aromatic heterocycles. The molecule has 6 heteroatoms. The molecule has 164 valence electrons. The van der Waals surface area contributed by atoms with Crippen LogP contribution in [0.5, 0.6) is 5.75 Å². The van der Waals surface area contributed by atoms with Crippen molar-refractivity contribution in [1.29, 1.82) is 5.26 Å². The van der Waals surface area contributed by atoms with Crippen molar-refractivity contribution in [3.05, 3.63) is 88.4 Å². The average molecular weight is 430 g/mol. The zero-order valence-corrected chi connectivity index (χ0v) is 18.5. The first kappa shape index (κ1) is 21.7. The number of hydrogen-bond donors (Lipinski definition) is 0. The number of aryl methyl sites for hydroxylation is 2. The molecular formula is C26H27N3O3. The first-order valence-electron chi connectivity index (χ1n) is 10.8. The predicted octanol–water partition coefficient (Wildman–Crippen LogP) is 4.31. The zero-order valence-electron chi connectivity index (χ0n) is 18.5. The normalized spacial score (nSPS) is 14.2. The molecule has 0 aliphatic carbocycles. The third-order valence-corrected chi connectivity index (χ3v) is 5.72. The summed E-state index contributed by atoms with van der Waals surface area (Å²) in [6.07, 6.45) is 0. The summed E-state index contributed by atoms with van der Waals surface area (Å²) in [5.74, 6) is 1.72. The van der Waals surface area contributed by atoms with Crippen LogP contribution in [-0.2, 0) is 13.2 Å². The van der Waals surface area contributed by atoms with Gasteiger partial charge in [0.2, 0.25) is 0 Å². The van der Waals surface area contributed by atoms with Crippen molar-refractivity contribution < 1.29 is 13.9 Å². The smallest absolute Gasteiger partial charge is 0.289 e. The molecule has 0 bridgehead atoms. The number of carbonyl (C=O) groups excluding carboxylic acids is 1. The quantitative estimate of drug-likeness (QED) is 0.584. The number of rotatable bonds is 6. The second-order valence-electron chi connectivity index (χ2n) is 8.20. The van der Waals surface area contributed by atoms with Gasteiger partial charge in [0.25, 0.3) is 5.91 Å². The SMILES string of the molecule is Cc1ccc(OCc2ccc(C(=O)N3CCN(Cc4ccc(C#N)cc4)CC3)o2)c(C)c1. The fraction of sp³-hybridized carbons (Fsp3) is 0.308. The van der Waals surface area contributed by atoms with E-state index in [-0.39, 0.29) is 12.5 Å². The number of amides is 1. The van der Waals surface area contributed by atoms with E-state index in [0.717, 1.165) is 30.9 Å². The van der Waals surface area contributed by atoms with Gasteiger partial charge in [-0.25, -0.2) is 0 Å². The molecule has 3 aromatic rings. The highest BCUT2D eigenvalue weighted by Gasteiger charge is 2.24. The summed E-state index contributed by atoms with van der Waals surface area (Å²) in [5.41, 5.74) is 4.11. The van der Waals surface area contributed by atoms with Crippen LogP contribution < -0.4 is 4.74 Å². The standard InChI is InChI=1S/C26H27N3O3/c1-19-3-9-24(20(2)15-19)31-18-23-8-10-25(32-23)26(30)29-13-11-28(12-14-29)17-22-6-4-21(16-27)5-7-22/h3-10,15H,11-14,17-18H2,1-2H3. The van der Waals surface area contributed by atoms with E-state index in [1.807, 2.05) is 55.1 Å². The second kappa shape index (κ2) is 9.71. The molecule has 1 saturated heterocycles. The third kappa shape index (κ3) is 5.19. The summed E-state index contributed by atoms with van der Waals surface area (Å²) in [6, 6.07) is 19.4. The van der Waals surface area contributed by atoms with Crippen molar-refractivity contribution in [1.82, 2.24) is 9.80 Å². The Bertz CT molecular complexity index is 1120. The highest BCUT2D eigenvalue weighted by Crippen LogP contribution is 2.21. The van der Waals surface area contributed by atoms with Gasteiger partial charge < -0.3 is 14.1 Å². The van der Waals surface area contributed by atoms with Crippen molar-refractivity contribution in [2.24, 2.45) is 0 Å². The fourth-order valence-corrected chi connectivity index (χ4v) is 3.89. The van der Waals surface area contributed by atoms with Crippen LogP contribution in [0.15, 0.2) is 59.0 Å². The van der Waals surface area contributed by atoms with E-state index in [1.54, 1.807) is 12.1 Å². The maximum Gasteiger partial charge on any atom is 0.289 e. The summed E-state index contributed by atoms with van der Waals surface area (Å²) in [5, 5.41) is 8.92. The molecule has 0 radical (unpaired) electrons. The van der Waals surface area contributed by atoms with E-state index in [4.69, 9.17) is 14.4 Å². The molecule has 1 aliphatic heterocycles. The van der Waals surface area contributed by atoms with E-state index < -0.39 is 0 Å². The monoisotopic (exact) mass is 429 g/mol. The Labute approximate surface area is 188 Å². The van der Waals surface area contributed by atoms with Gasteiger partial charge in [0, 0.05) is 32.7 Å². The predicted molar refractivity (Wildman–Crippen MR) is 121 cm³/mol. The molecule has 2 aromatic carbocycles. The van der Waals surface area contributed by atoms with Crippen molar-refractivity contribution in [3.63, 3.8) is 0 Å². The fourth-order valence-electron chi connectivity index (χ4n) is 3.89. The minimum Gasteiger partial charge on any atom is -0.485 e. The first-order chi connectivity index (χ1) is 15.5. The van der Waals surface area contributed by atoms with E-state index in [2.05, 4.69) is 17.0 Å². The minimum absolute atomic E-state index is 0.0826. The van der Waals surface area contributed by atoms with Gasteiger partial charge >= 0.3 is 0 Å². The maximum atomic E-state index is 12.9. The molecule has 4 rings (SSSR count). The second-order valence-corrected chi connectivity index (χ2v) is 8.20. The largest absolute Gasteiger partial charge is 0.485 e. The molecule has 0 unspecified atom stereocenters. The van der Waals surface area contributed by atoms with Crippen molar-refractivity contribution in [2.75, 3.05) is 26.2 Å². The summed E-state index contributed by atoms with van der Waals surface area (Å²) in [7, 11) is 0. The van der Waals surface area contributed by atoms with E-state index in [9.17, 15) is 4.79 Å². The lowest BCUT2D eigenvalue weighted by molar-refractivity contribution is 0.0594. The van der Waals surface area contributed by atoms with Gasteiger partial charge in [-0.15, -0.1) is 0 Å². The van der Waals surface area contributed by atoms with Crippen LogP contribution >= 0.6 is 0 Å². The number of piperazine rings is 1. The molecule has 0 N–H and O–H groups in total. The Morgan fingerprint density at radius 3 is 2.47 bits per heavy atom. The summed E-state index contributed by atoms with van der Waals surface area (Å²) in [4.78, 5) is 17.0. The van der Waals surface area contributed by atoms with Gasteiger partial charge in [0.15, 0.2) is 5.76 Å². The first-order valence-corrected chi connectivity index (χ1v) is 10.8. The van der Waals surface area contributed by atoms with Gasteiger partial charge in [-0.1, -0.05) is 29.8 Å². The molecule has 0 saturated carbocycles. The zero-order chi connectivity index (χ0) is 22.5. The van der Waals surface area contributed by atoms with E-state index >= 15 is 0 Å². The number of carbonyl (C=O) groups is 1. The van der Waals surface area contributed by atoms with Gasteiger partial charge in [0.05, 0.1) is 11.6 Å². The summed E-state index contributed by atoms with van der Waals surface area (Å²) < 4.78 is 11.6. The van der Waals surface area contributed by atoms with Gasteiger partial charge in [0.1, 0.15) is 18.1 Å². The number of nitriles is 1. The molecule has 2 heterocycles. The number of ether oxygens (including phenoxy) is 1. The number of nitrogens with zero attached hydrogens (tertiary/aromatic N) is 3. The Morgan fingerprint density at radius 2 is 1.78 bits per heavy atom.